The van der Waals surface area contributed by atoms with Crippen LogP contribution in [0.5, 0.6) is 0 Å². The Morgan fingerprint density at radius 2 is 1.79 bits per heavy atom. The molecule has 0 heterocycles. The van der Waals surface area contributed by atoms with Crippen molar-refractivity contribution in [3.05, 3.63) is 0 Å². The summed E-state index contributed by atoms with van der Waals surface area (Å²) in [6, 6.07) is 0.496. The van der Waals surface area contributed by atoms with Gasteiger partial charge < -0.3 is 5.32 Å². The average molecular weight is 195 g/mol. The summed E-state index contributed by atoms with van der Waals surface area (Å²) >= 11 is 0. The van der Waals surface area contributed by atoms with E-state index in [0.717, 1.165) is 11.8 Å². The Kier molecular flexibility index (Phi) is 3.09. The Morgan fingerprint density at radius 1 is 1.07 bits per heavy atom. The molecule has 2 aliphatic carbocycles. The number of rotatable bonds is 2. The number of hydrogen-bond donors (Lipinski definition) is 1. The van der Waals surface area contributed by atoms with Crippen LogP contribution in [-0.2, 0) is 4.79 Å². The van der Waals surface area contributed by atoms with Crippen LogP contribution in [0, 0.1) is 11.8 Å². The minimum absolute atomic E-state index is 0.153. The second-order valence-corrected chi connectivity index (χ2v) is 4.95. The highest BCUT2D eigenvalue weighted by atomic mass is 16.1. The molecule has 0 bridgehead atoms. The van der Waals surface area contributed by atoms with E-state index in [9.17, 15) is 4.79 Å². The fourth-order valence-corrected chi connectivity index (χ4v) is 3.38. The molecule has 0 aromatic heterocycles. The Balaban J connectivity index is 1.92. The first-order valence-electron chi connectivity index (χ1n) is 6.04. The van der Waals surface area contributed by atoms with Gasteiger partial charge in [0.2, 0.25) is 5.91 Å². The molecule has 2 nitrogen and oxygen atoms in total. The fraction of sp³-hybridized carbons (Fsp3) is 0.917. The number of carbonyl (C=O) groups excluding carboxylic acids is 1. The van der Waals surface area contributed by atoms with Crippen LogP contribution in [0.25, 0.3) is 0 Å². The largest absolute Gasteiger partial charge is 0.353 e. The van der Waals surface area contributed by atoms with Gasteiger partial charge in [0.05, 0.1) is 0 Å². The predicted molar refractivity (Wildman–Crippen MR) is 56.9 cm³/mol. The van der Waals surface area contributed by atoms with Crippen molar-refractivity contribution in [3.63, 3.8) is 0 Å². The Bertz CT molecular complexity index is 208. The van der Waals surface area contributed by atoms with Crippen molar-refractivity contribution in [2.45, 2.75) is 57.9 Å². The highest BCUT2D eigenvalue weighted by Gasteiger charge is 2.35. The summed E-state index contributed by atoms with van der Waals surface area (Å²) in [5, 5.41) is 3.13. The molecule has 0 saturated heterocycles. The highest BCUT2D eigenvalue weighted by molar-refractivity contribution is 5.73. The lowest BCUT2D eigenvalue weighted by Crippen LogP contribution is -2.38. The van der Waals surface area contributed by atoms with Crippen molar-refractivity contribution in [1.29, 1.82) is 0 Å². The maximum absolute atomic E-state index is 11.0. The standard InChI is InChI=1S/C12H21NO/c1-9(14)13-12-8-4-7-11(12)10-5-2-3-6-10/h10-12H,2-8H2,1H3,(H,13,14)/t11-,12+/m0/s1. The number of hydrogen-bond acceptors (Lipinski definition) is 1. The Labute approximate surface area is 86.5 Å². The summed E-state index contributed by atoms with van der Waals surface area (Å²) in [5.74, 6) is 1.86. The van der Waals surface area contributed by atoms with Gasteiger partial charge in [0.1, 0.15) is 0 Å². The van der Waals surface area contributed by atoms with E-state index < -0.39 is 0 Å². The van der Waals surface area contributed by atoms with Crippen LogP contribution in [0.3, 0.4) is 0 Å². The van der Waals surface area contributed by atoms with Crippen LogP contribution in [0.4, 0.5) is 0 Å². The first-order valence-corrected chi connectivity index (χ1v) is 6.04. The van der Waals surface area contributed by atoms with E-state index in [1.54, 1.807) is 6.92 Å². The van der Waals surface area contributed by atoms with Crippen LogP contribution >= 0.6 is 0 Å². The zero-order chi connectivity index (χ0) is 9.97. The van der Waals surface area contributed by atoms with Crippen molar-refractivity contribution < 1.29 is 4.79 Å². The molecule has 0 unspecified atom stereocenters. The molecule has 1 amide bonds. The molecule has 0 aromatic rings. The quantitative estimate of drug-likeness (QED) is 0.720. The zero-order valence-corrected chi connectivity index (χ0v) is 9.09. The zero-order valence-electron chi connectivity index (χ0n) is 9.09. The lowest BCUT2D eigenvalue weighted by Gasteiger charge is -2.25. The summed E-state index contributed by atoms with van der Waals surface area (Å²) in [7, 11) is 0. The molecule has 1 N–H and O–H groups in total. The third kappa shape index (κ3) is 2.10. The summed E-state index contributed by atoms with van der Waals surface area (Å²) in [5.41, 5.74) is 0. The maximum Gasteiger partial charge on any atom is 0.217 e. The third-order valence-electron chi connectivity index (χ3n) is 3.96. The fourth-order valence-electron chi connectivity index (χ4n) is 3.38. The molecule has 14 heavy (non-hydrogen) atoms. The molecule has 2 heteroatoms. The van der Waals surface area contributed by atoms with E-state index >= 15 is 0 Å². The highest BCUT2D eigenvalue weighted by Crippen LogP contribution is 2.40. The van der Waals surface area contributed by atoms with E-state index in [0.29, 0.717) is 6.04 Å². The lowest BCUT2D eigenvalue weighted by atomic mass is 9.87. The molecule has 0 radical (unpaired) electrons. The molecule has 2 fully saturated rings. The van der Waals surface area contributed by atoms with Crippen molar-refractivity contribution in [3.8, 4) is 0 Å². The number of nitrogens with one attached hydrogen (secondary N) is 1. The normalized spacial score (nSPS) is 33.5. The minimum Gasteiger partial charge on any atom is -0.353 e. The van der Waals surface area contributed by atoms with Gasteiger partial charge in [0.15, 0.2) is 0 Å². The van der Waals surface area contributed by atoms with Gasteiger partial charge >= 0.3 is 0 Å². The topological polar surface area (TPSA) is 29.1 Å². The van der Waals surface area contributed by atoms with Crippen molar-refractivity contribution in [2.75, 3.05) is 0 Å². The van der Waals surface area contributed by atoms with E-state index in [-0.39, 0.29) is 5.91 Å². The van der Waals surface area contributed by atoms with Crippen LogP contribution in [0.2, 0.25) is 0 Å². The summed E-state index contributed by atoms with van der Waals surface area (Å²) in [4.78, 5) is 11.0. The monoisotopic (exact) mass is 195 g/mol. The van der Waals surface area contributed by atoms with E-state index in [1.807, 2.05) is 0 Å². The van der Waals surface area contributed by atoms with Gasteiger partial charge in [-0.15, -0.1) is 0 Å². The molecule has 2 atom stereocenters. The first-order chi connectivity index (χ1) is 6.77. The molecule has 2 aliphatic rings. The second-order valence-electron chi connectivity index (χ2n) is 4.95. The third-order valence-corrected chi connectivity index (χ3v) is 3.96. The number of carbonyl (C=O) groups is 1. The van der Waals surface area contributed by atoms with Crippen LogP contribution < -0.4 is 5.32 Å². The number of amides is 1. The van der Waals surface area contributed by atoms with Gasteiger partial charge in [-0.1, -0.05) is 32.1 Å². The van der Waals surface area contributed by atoms with Gasteiger partial charge in [-0.2, -0.15) is 0 Å². The molecular formula is C12H21NO. The molecule has 2 rings (SSSR count). The molecule has 0 aliphatic heterocycles. The van der Waals surface area contributed by atoms with Crippen LogP contribution in [-0.4, -0.2) is 11.9 Å². The smallest absolute Gasteiger partial charge is 0.217 e. The van der Waals surface area contributed by atoms with E-state index in [2.05, 4.69) is 5.32 Å². The van der Waals surface area contributed by atoms with Crippen molar-refractivity contribution in [2.24, 2.45) is 11.8 Å². The first kappa shape index (κ1) is 10.0. The summed E-state index contributed by atoms with van der Waals surface area (Å²) in [6.07, 6.45) is 9.49. The predicted octanol–water partition coefficient (Wildman–Crippen LogP) is 2.48. The Hall–Kier alpha value is -0.530. The Morgan fingerprint density at radius 3 is 2.43 bits per heavy atom. The van der Waals surface area contributed by atoms with Gasteiger partial charge in [-0.05, 0) is 24.7 Å². The maximum atomic E-state index is 11.0. The molecule has 0 spiro atoms. The van der Waals surface area contributed by atoms with E-state index in [1.165, 1.54) is 44.9 Å². The summed E-state index contributed by atoms with van der Waals surface area (Å²) in [6.45, 7) is 1.64. The van der Waals surface area contributed by atoms with Crippen LogP contribution in [0.1, 0.15) is 51.9 Å². The molecule has 0 aromatic carbocycles. The second kappa shape index (κ2) is 4.33. The molecule has 2 saturated carbocycles. The van der Waals surface area contributed by atoms with Gasteiger partial charge in [0.25, 0.3) is 0 Å². The van der Waals surface area contributed by atoms with Crippen molar-refractivity contribution in [1.82, 2.24) is 5.32 Å². The molecule has 80 valence electrons. The van der Waals surface area contributed by atoms with Gasteiger partial charge in [0, 0.05) is 13.0 Å². The lowest BCUT2D eigenvalue weighted by molar-refractivity contribution is -0.120. The van der Waals surface area contributed by atoms with Crippen molar-refractivity contribution >= 4 is 5.91 Å². The van der Waals surface area contributed by atoms with Crippen LogP contribution in [0.15, 0.2) is 0 Å². The molecular weight excluding hydrogens is 174 g/mol. The average Bonchev–Trinajstić information content (AvgIpc) is 2.70. The minimum atomic E-state index is 0.153. The van der Waals surface area contributed by atoms with E-state index in [4.69, 9.17) is 0 Å². The van der Waals surface area contributed by atoms with Gasteiger partial charge in [-0.3, -0.25) is 4.79 Å². The van der Waals surface area contributed by atoms with Gasteiger partial charge in [-0.25, -0.2) is 0 Å². The summed E-state index contributed by atoms with van der Waals surface area (Å²) < 4.78 is 0. The SMILES string of the molecule is CC(=O)N[C@@H]1CCC[C@H]1C1CCCC1.